The highest BCUT2D eigenvalue weighted by Crippen LogP contribution is 2.36. The van der Waals surface area contributed by atoms with Crippen molar-refractivity contribution in [2.24, 2.45) is 0 Å². The molecule has 0 atom stereocenters. The Kier molecular flexibility index (Phi) is 4.60. The van der Waals surface area contributed by atoms with Crippen LogP contribution in [0.25, 0.3) is 22.4 Å². The van der Waals surface area contributed by atoms with Gasteiger partial charge in [0.15, 0.2) is 5.75 Å². The van der Waals surface area contributed by atoms with Crippen molar-refractivity contribution in [3.63, 3.8) is 0 Å². The zero-order valence-electron chi connectivity index (χ0n) is 15.5. The highest BCUT2D eigenvalue weighted by atomic mass is 16.6. The van der Waals surface area contributed by atoms with Crippen LogP contribution in [0.5, 0.6) is 5.75 Å². The summed E-state index contributed by atoms with van der Waals surface area (Å²) >= 11 is 0. The Hall–Kier alpha value is -3.01. The monoisotopic (exact) mass is 349 g/mol. The number of rotatable bonds is 3. The van der Waals surface area contributed by atoms with Gasteiger partial charge in [-0.2, -0.15) is 0 Å². The fourth-order valence-electron chi connectivity index (χ4n) is 2.86. The molecule has 0 spiro atoms. The van der Waals surface area contributed by atoms with Gasteiger partial charge in [-0.1, -0.05) is 54.6 Å². The Morgan fingerprint density at radius 2 is 1.46 bits per heavy atom. The molecule has 0 aliphatic carbocycles. The number of esters is 1. The summed E-state index contributed by atoms with van der Waals surface area (Å²) < 4.78 is 5.39. The van der Waals surface area contributed by atoms with Crippen molar-refractivity contribution in [3.8, 4) is 28.1 Å². The zero-order valence-corrected chi connectivity index (χ0v) is 15.5. The molecule has 3 rings (SSSR count). The summed E-state index contributed by atoms with van der Waals surface area (Å²) in [7, 11) is 0. The molecular weight excluding hydrogens is 326 g/mol. The first-order valence-electron chi connectivity index (χ1n) is 8.57. The van der Waals surface area contributed by atoms with E-state index in [1.54, 1.807) is 27.7 Å². The Bertz CT molecular complexity index is 917. The molecule has 3 aromatic rings. The van der Waals surface area contributed by atoms with Crippen LogP contribution in [0.4, 0.5) is 0 Å². The first-order valence-corrected chi connectivity index (χ1v) is 8.57. The van der Waals surface area contributed by atoms with E-state index >= 15 is 0 Å². The van der Waals surface area contributed by atoms with Gasteiger partial charge in [0, 0.05) is 11.3 Å². The number of aromatic amines is 1. The fourth-order valence-corrected chi connectivity index (χ4v) is 2.86. The molecular formula is C22H23NO3. The summed E-state index contributed by atoms with van der Waals surface area (Å²) in [5.74, 6) is -0.611. The van der Waals surface area contributed by atoms with Gasteiger partial charge in [0.1, 0.15) is 11.2 Å². The third-order valence-corrected chi connectivity index (χ3v) is 4.04. The number of hydrogen-bond acceptors (Lipinski definition) is 3. The summed E-state index contributed by atoms with van der Waals surface area (Å²) in [4.78, 5) is 15.5. The van der Waals surface area contributed by atoms with Crippen molar-refractivity contribution in [1.29, 1.82) is 0 Å². The van der Waals surface area contributed by atoms with E-state index in [0.717, 1.165) is 16.7 Å². The van der Waals surface area contributed by atoms with Crippen molar-refractivity contribution in [2.75, 3.05) is 0 Å². The topological polar surface area (TPSA) is 62.3 Å². The number of carbonyl (C=O) groups excluding carboxylic acids is 1. The average molecular weight is 349 g/mol. The molecule has 4 heteroatoms. The summed E-state index contributed by atoms with van der Waals surface area (Å²) in [6.07, 6.45) is 0. The summed E-state index contributed by atoms with van der Waals surface area (Å²) in [6, 6.07) is 17.9. The summed E-state index contributed by atoms with van der Waals surface area (Å²) in [5.41, 5.74) is 3.68. The normalized spacial score (nSPS) is 11.4. The van der Waals surface area contributed by atoms with Crippen LogP contribution in [-0.2, 0) is 4.74 Å². The Balaban J connectivity index is 1.93. The van der Waals surface area contributed by atoms with E-state index in [-0.39, 0.29) is 11.3 Å². The molecule has 0 radical (unpaired) electrons. The van der Waals surface area contributed by atoms with Crippen molar-refractivity contribution < 1.29 is 14.6 Å². The average Bonchev–Trinajstić information content (AvgIpc) is 2.89. The molecule has 0 unspecified atom stereocenters. The molecule has 0 aliphatic rings. The van der Waals surface area contributed by atoms with E-state index in [9.17, 15) is 9.90 Å². The van der Waals surface area contributed by atoms with Crippen molar-refractivity contribution >= 4 is 5.97 Å². The standard InChI is InChI=1S/C22H23NO3/c1-14-18(21(25)26-22(2,3)4)20(24)19(23-14)17-12-10-16(11-13-17)15-8-6-5-7-9-15/h5-13,23-24H,1-4H3. The summed E-state index contributed by atoms with van der Waals surface area (Å²) in [6.45, 7) is 7.15. The number of carbonyl (C=O) groups is 1. The second-order valence-corrected chi connectivity index (χ2v) is 7.29. The molecule has 2 N–H and O–H groups in total. The van der Waals surface area contributed by atoms with E-state index in [4.69, 9.17) is 4.74 Å². The smallest absolute Gasteiger partial charge is 0.344 e. The maximum Gasteiger partial charge on any atom is 0.344 e. The van der Waals surface area contributed by atoms with Crippen LogP contribution >= 0.6 is 0 Å². The van der Waals surface area contributed by atoms with Gasteiger partial charge in [0.25, 0.3) is 0 Å². The number of aromatic nitrogens is 1. The van der Waals surface area contributed by atoms with Gasteiger partial charge in [-0.3, -0.25) is 0 Å². The third kappa shape index (κ3) is 3.64. The Labute approximate surface area is 153 Å². The van der Waals surface area contributed by atoms with Crippen LogP contribution in [0.2, 0.25) is 0 Å². The van der Waals surface area contributed by atoms with Gasteiger partial charge in [-0.05, 0) is 38.8 Å². The minimum absolute atomic E-state index is 0.0794. The molecule has 0 aliphatic heterocycles. The van der Waals surface area contributed by atoms with E-state index in [0.29, 0.717) is 11.4 Å². The van der Waals surface area contributed by atoms with Crippen LogP contribution < -0.4 is 0 Å². The van der Waals surface area contributed by atoms with Crippen LogP contribution in [-0.4, -0.2) is 21.7 Å². The van der Waals surface area contributed by atoms with Crippen molar-refractivity contribution in [3.05, 3.63) is 65.9 Å². The largest absolute Gasteiger partial charge is 0.505 e. The number of aryl methyl sites for hydroxylation is 1. The quantitative estimate of drug-likeness (QED) is 0.629. The second kappa shape index (κ2) is 6.71. The maximum atomic E-state index is 12.4. The van der Waals surface area contributed by atoms with Crippen LogP contribution in [0.1, 0.15) is 36.8 Å². The fraction of sp³-hybridized carbons (Fsp3) is 0.227. The minimum Gasteiger partial charge on any atom is -0.505 e. The van der Waals surface area contributed by atoms with E-state index in [1.807, 2.05) is 54.6 Å². The molecule has 0 saturated carbocycles. The molecule has 0 amide bonds. The molecule has 134 valence electrons. The van der Waals surface area contributed by atoms with E-state index in [2.05, 4.69) is 4.98 Å². The molecule has 26 heavy (non-hydrogen) atoms. The lowest BCUT2D eigenvalue weighted by Gasteiger charge is -2.19. The molecule has 0 saturated heterocycles. The van der Waals surface area contributed by atoms with Crippen LogP contribution in [0, 0.1) is 6.92 Å². The molecule has 0 bridgehead atoms. The molecule has 4 nitrogen and oxygen atoms in total. The highest BCUT2D eigenvalue weighted by Gasteiger charge is 2.26. The lowest BCUT2D eigenvalue weighted by molar-refractivity contribution is 0.00664. The van der Waals surface area contributed by atoms with Crippen LogP contribution in [0.15, 0.2) is 54.6 Å². The number of nitrogens with one attached hydrogen (secondary N) is 1. The minimum atomic E-state index is -0.620. The highest BCUT2D eigenvalue weighted by molar-refractivity contribution is 5.97. The molecule has 1 aromatic heterocycles. The third-order valence-electron chi connectivity index (χ3n) is 4.04. The Morgan fingerprint density at radius 3 is 2.04 bits per heavy atom. The molecule has 2 aromatic carbocycles. The molecule has 0 fully saturated rings. The van der Waals surface area contributed by atoms with Crippen LogP contribution in [0.3, 0.4) is 0 Å². The lowest BCUT2D eigenvalue weighted by Crippen LogP contribution is -2.24. The molecule has 1 heterocycles. The van der Waals surface area contributed by atoms with Crippen molar-refractivity contribution in [1.82, 2.24) is 4.98 Å². The lowest BCUT2D eigenvalue weighted by atomic mass is 10.0. The van der Waals surface area contributed by atoms with Gasteiger partial charge in [-0.15, -0.1) is 0 Å². The number of benzene rings is 2. The Morgan fingerprint density at radius 1 is 0.923 bits per heavy atom. The number of aromatic hydroxyl groups is 1. The number of ether oxygens (including phenoxy) is 1. The predicted octanol–water partition coefficient (Wildman–Crippen LogP) is 5.32. The van der Waals surface area contributed by atoms with E-state index < -0.39 is 11.6 Å². The number of H-pyrrole nitrogens is 1. The number of hydrogen-bond donors (Lipinski definition) is 2. The zero-order chi connectivity index (χ0) is 18.9. The SMILES string of the molecule is Cc1[nH]c(-c2ccc(-c3ccccc3)cc2)c(O)c1C(=O)OC(C)(C)C. The van der Waals surface area contributed by atoms with E-state index in [1.165, 1.54) is 0 Å². The first-order chi connectivity index (χ1) is 12.3. The van der Waals surface area contributed by atoms with Crippen molar-refractivity contribution in [2.45, 2.75) is 33.3 Å². The second-order valence-electron chi connectivity index (χ2n) is 7.29. The maximum absolute atomic E-state index is 12.4. The van der Waals surface area contributed by atoms with Gasteiger partial charge in [-0.25, -0.2) is 4.79 Å². The first kappa shape index (κ1) is 17.8. The summed E-state index contributed by atoms with van der Waals surface area (Å²) in [5, 5.41) is 10.6. The van der Waals surface area contributed by atoms with Gasteiger partial charge < -0.3 is 14.8 Å². The van der Waals surface area contributed by atoms with Gasteiger partial charge in [0.05, 0.1) is 5.69 Å². The van der Waals surface area contributed by atoms with Gasteiger partial charge >= 0.3 is 5.97 Å². The van der Waals surface area contributed by atoms with Gasteiger partial charge in [0.2, 0.25) is 0 Å². The predicted molar refractivity (Wildman–Crippen MR) is 103 cm³/mol.